The number of hydrogen-bond donors (Lipinski definition) is 1. The Hall–Kier alpha value is -0.0800. The summed E-state index contributed by atoms with van der Waals surface area (Å²) >= 11 is 0. The minimum atomic E-state index is 0.436. The van der Waals surface area contributed by atoms with Gasteiger partial charge in [-0.3, -0.25) is 0 Å². The summed E-state index contributed by atoms with van der Waals surface area (Å²) in [4.78, 5) is 0. The quantitative estimate of drug-likeness (QED) is 0.751. The van der Waals surface area contributed by atoms with Crippen LogP contribution in [0.3, 0.4) is 0 Å². The Morgan fingerprint density at radius 1 is 1.43 bits per heavy atom. The second-order valence-corrected chi connectivity index (χ2v) is 4.83. The van der Waals surface area contributed by atoms with E-state index in [1.54, 1.807) is 0 Å². The van der Waals surface area contributed by atoms with Gasteiger partial charge in [0.2, 0.25) is 0 Å². The summed E-state index contributed by atoms with van der Waals surface area (Å²) < 4.78 is 5.54. The lowest BCUT2D eigenvalue weighted by Gasteiger charge is -2.32. The van der Waals surface area contributed by atoms with Gasteiger partial charge in [-0.15, -0.1) is 0 Å². The Kier molecular flexibility index (Phi) is 4.90. The Bertz CT molecular complexity index is 158. The van der Waals surface area contributed by atoms with E-state index in [0.29, 0.717) is 18.2 Å². The summed E-state index contributed by atoms with van der Waals surface area (Å²) in [6.45, 7) is 9.95. The Balaban J connectivity index is 2.33. The van der Waals surface area contributed by atoms with Crippen molar-refractivity contribution in [2.24, 2.45) is 5.92 Å². The van der Waals surface area contributed by atoms with Crippen molar-refractivity contribution in [1.82, 2.24) is 5.32 Å². The lowest BCUT2D eigenvalue weighted by molar-refractivity contribution is 0.00999. The monoisotopic (exact) mass is 199 g/mol. The van der Waals surface area contributed by atoms with Gasteiger partial charge in [-0.1, -0.05) is 20.8 Å². The summed E-state index contributed by atoms with van der Waals surface area (Å²) in [7, 11) is 0. The molecule has 1 saturated heterocycles. The third-order valence-electron chi connectivity index (χ3n) is 3.18. The fraction of sp³-hybridized carbons (Fsp3) is 1.00. The third-order valence-corrected chi connectivity index (χ3v) is 3.18. The second kappa shape index (κ2) is 5.72. The molecule has 1 aliphatic rings. The molecule has 0 radical (unpaired) electrons. The Morgan fingerprint density at radius 2 is 2.14 bits per heavy atom. The molecule has 1 heterocycles. The molecule has 1 N–H and O–H groups in total. The van der Waals surface area contributed by atoms with Crippen LogP contribution in [0, 0.1) is 5.92 Å². The predicted octanol–water partition coefficient (Wildman–Crippen LogP) is 2.58. The Morgan fingerprint density at radius 3 is 2.64 bits per heavy atom. The molecule has 3 unspecified atom stereocenters. The average Bonchev–Trinajstić information content (AvgIpc) is 2.14. The zero-order valence-electron chi connectivity index (χ0n) is 10.0. The number of ether oxygens (including phenoxy) is 1. The topological polar surface area (TPSA) is 21.3 Å². The maximum atomic E-state index is 5.54. The molecular formula is C12H25NO. The standard InChI is InChI=1S/C12H25NO/c1-5-12(9(2)3)13-11-6-7-14-10(4)8-11/h9-13H,5-8H2,1-4H3. The van der Waals surface area contributed by atoms with Gasteiger partial charge in [0.1, 0.15) is 0 Å². The van der Waals surface area contributed by atoms with Crippen LogP contribution in [0.4, 0.5) is 0 Å². The van der Waals surface area contributed by atoms with Crippen LogP contribution < -0.4 is 5.32 Å². The molecule has 0 bridgehead atoms. The minimum absolute atomic E-state index is 0.436. The molecule has 2 nitrogen and oxygen atoms in total. The van der Waals surface area contributed by atoms with E-state index in [0.717, 1.165) is 12.5 Å². The van der Waals surface area contributed by atoms with Gasteiger partial charge in [-0.25, -0.2) is 0 Å². The summed E-state index contributed by atoms with van der Waals surface area (Å²) in [6.07, 6.45) is 4.01. The molecule has 1 aliphatic heterocycles. The summed E-state index contributed by atoms with van der Waals surface area (Å²) in [5, 5.41) is 3.76. The lowest BCUT2D eigenvalue weighted by Crippen LogP contribution is -2.45. The molecule has 0 saturated carbocycles. The fourth-order valence-corrected chi connectivity index (χ4v) is 2.23. The van der Waals surface area contributed by atoms with Crippen molar-refractivity contribution in [3.8, 4) is 0 Å². The van der Waals surface area contributed by atoms with Gasteiger partial charge in [0.25, 0.3) is 0 Å². The lowest BCUT2D eigenvalue weighted by atomic mass is 9.97. The fourth-order valence-electron chi connectivity index (χ4n) is 2.23. The van der Waals surface area contributed by atoms with E-state index in [4.69, 9.17) is 4.74 Å². The molecule has 0 aromatic heterocycles. The van der Waals surface area contributed by atoms with Gasteiger partial charge < -0.3 is 10.1 Å². The second-order valence-electron chi connectivity index (χ2n) is 4.83. The van der Waals surface area contributed by atoms with Crippen molar-refractivity contribution in [2.75, 3.05) is 6.61 Å². The first-order valence-electron chi connectivity index (χ1n) is 6.01. The van der Waals surface area contributed by atoms with E-state index in [-0.39, 0.29) is 0 Å². The predicted molar refractivity (Wildman–Crippen MR) is 60.5 cm³/mol. The molecule has 0 aromatic carbocycles. The maximum absolute atomic E-state index is 5.54. The highest BCUT2D eigenvalue weighted by molar-refractivity contribution is 4.79. The van der Waals surface area contributed by atoms with Crippen LogP contribution in [0.15, 0.2) is 0 Å². The number of nitrogens with one attached hydrogen (secondary N) is 1. The largest absolute Gasteiger partial charge is 0.378 e. The smallest absolute Gasteiger partial charge is 0.0561 e. The van der Waals surface area contributed by atoms with Crippen LogP contribution in [0.25, 0.3) is 0 Å². The van der Waals surface area contributed by atoms with Crippen molar-refractivity contribution in [3.05, 3.63) is 0 Å². The maximum Gasteiger partial charge on any atom is 0.0561 e. The van der Waals surface area contributed by atoms with Gasteiger partial charge in [-0.2, -0.15) is 0 Å². The van der Waals surface area contributed by atoms with E-state index in [2.05, 4.69) is 33.0 Å². The van der Waals surface area contributed by atoms with Crippen LogP contribution in [0.1, 0.15) is 47.0 Å². The third kappa shape index (κ3) is 3.58. The zero-order chi connectivity index (χ0) is 10.6. The summed E-state index contributed by atoms with van der Waals surface area (Å²) in [5.41, 5.74) is 0. The molecule has 1 rings (SSSR count). The molecule has 84 valence electrons. The van der Waals surface area contributed by atoms with Crippen molar-refractivity contribution in [2.45, 2.75) is 65.1 Å². The average molecular weight is 199 g/mol. The van der Waals surface area contributed by atoms with Crippen molar-refractivity contribution < 1.29 is 4.74 Å². The highest BCUT2D eigenvalue weighted by Gasteiger charge is 2.22. The van der Waals surface area contributed by atoms with Crippen molar-refractivity contribution in [1.29, 1.82) is 0 Å². The molecule has 2 heteroatoms. The summed E-state index contributed by atoms with van der Waals surface area (Å²) in [6, 6.07) is 1.34. The molecule has 1 fully saturated rings. The van der Waals surface area contributed by atoms with Gasteiger partial charge in [0.05, 0.1) is 6.10 Å². The molecule has 0 aromatic rings. The molecular weight excluding hydrogens is 174 g/mol. The van der Waals surface area contributed by atoms with E-state index >= 15 is 0 Å². The first-order valence-corrected chi connectivity index (χ1v) is 6.01. The first kappa shape index (κ1) is 12.0. The molecule has 0 spiro atoms. The highest BCUT2D eigenvalue weighted by atomic mass is 16.5. The van der Waals surface area contributed by atoms with Crippen LogP contribution in [0.5, 0.6) is 0 Å². The molecule has 0 aliphatic carbocycles. The zero-order valence-corrected chi connectivity index (χ0v) is 10.0. The van der Waals surface area contributed by atoms with E-state index in [1.807, 2.05) is 0 Å². The van der Waals surface area contributed by atoms with Gasteiger partial charge in [0, 0.05) is 18.7 Å². The summed E-state index contributed by atoms with van der Waals surface area (Å²) in [5.74, 6) is 0.734. The van der Waals surface area contributed by atoms with E-state index in [1.165, 1.54) is 19.3 Å². The van der Waals surface area contributed by atoms with Gasteiger partial charge in [-0.05, 0) is 32.1 Å². The highest BCUT2D eigenvalue weighted by Crippen LogP contribution is 2.16. The number of hydrogen-bond acceptors (Lipinski definition) is 2. The van der Waals surface area contributed by atoms with Crippen LogP contribution in [-0.2, 0) is 4.74 Å². The normalized spacial score (nSPS) is 30.6. The van der Waals surface area contributed by atoms with Crippen LogP contribution >= 0.6 is 0 Å². The van der Waals surface area contributed by atoms with E-state index < -0.39 is 0 Å². The van der Waals surface area contributed by atoms with Crippen molar-refractivity contribution in [3.63, 3.8) is 0 Å². The SMILES string of the molecule is CCC(NC1CCOC(C)C1)C(C)C. The first-order chi connectivity index (χ1) is 6.63. The van der Waals surface area contributed by atoms with Gasteiger partial charge >= 0.3 is 0 Å². The Labute approximate surface area is 88.4 Å². The minimum Gasteiger partial charge on any atom is -0.378 e. The van der Waals surface area contributed by atoms with Crippen molar-refractivity contribution >= 4 is 0 Å². The molecule has 0 amide bonds. The van der Waals surface area contributed by atoms with E-state index in [9.17, 15) is 0 Å². The number of rotatable bonds is 4. The molecule has 3 atom stereocenters. The van der Waals surface area contributed by atoms with Crippen LogP contribution in [0.2, 0.25) is 0 Å². The van der Waals surface area contributed by atoms with Gasteiger partial charge in [0.15, 0.2) is 0 Å². The molecule has 14 heavy (non-hydrogen) atoms. The van der Waals surface area contributed by atoms with Crippen LogP contribution in [-0.4, -0.2) is 24.8 Å².